The number of fused-ring (bicyclic) bond motifs is 1. The van der Waals surface area contributed by atoms with Crippen molar-refractivity contribution in [1.29, 1.82) is 0 Å². The summed E-state index contributed by atoms with van der Waals surface area (Å²) in [6.45, 7) is 0. The molecule has 5 nitrogen and oxygen atoms in total. The molecule has 19 heavy (non-hydrogen) atoms. The minimum atomic E-state index is -2.89. The molecule has 1 atom stereocenters. The Balaban J connectivity index is 2.13. The normalized spacial score (nSPS) is 13.8. The van der Waals surface area contributed by atoms with E-state index in [0.29, 0.717) is 6.42 Å². The molecule has 6 heteroatoms. The summed E-state index contributed by atoms with van der Waals surface area (Å²) in [7, 11) is -1.00. The molecule has 0 aliphatic heterocycles. The van der Waals surface area contributed by atoms with Gasteiger partial charge in [0.25, 0.3) is 0 Å². The minimum Gasteiger partial charge on any atom is -0.313 e. The van der Waals surface area contributed by atoms with Crippen LogP contribution in [0.3, 0.4) is 0 Å². The molecule has 0 aliphatic carbocycles. The standard InChI is InChI=1S/C13H19N3O2S/c1-14-12(6-5-9-19(2,17)18)11-10-15-16-8-4-3-7-13(11)16/h3-4,7-8,10,12,14H,5-6,9H2,1-2H3. The van der Waals surface area contributed by atoms with E-state index < -0.39 is 9.84 Å². The fourth-order valence-corrected chi connectivity index (χ4v) is 2.92. The number of hydrogen-bond acceptors (Lipinski definition) is 4. The fourth-order valence-electron chi connectivity index (χ4n) is 2.23. The first-order valence-electron chi connectivity index (χ1n) is 6.28. The highest BCUT2D eigenvalue weighted by atomic mass is 32.2. The number of aromatic nitrogens is 2. The van der Waals surface area contributed by atoms with Crippen LogP contribution >= 0.6 is 0 Å². The van der Waals surface area contributed by atoms with Crippen LogP contribution in [-0.2, 0) is 9.84 Å². The van der Waals surface area contributed by atoms with Gasteiger partial charge >= 0.3 is 0 Å². The lowest BCUT2D eigenvalue weighted by molar-refractivity contribution is 0.539. The summed E-state index contributed by atoms with van der Waals surface area (Å²) in [4.78, 5) is 0. The van der Waals surface area contributed by atoms with Crippen LogP contribution in [0.15, 0.2) is 30.6 Å². The minimum absolute atomic E-state index is 0.127. The molecular formula is C13H19N3O2S. The largest absolute Gasteiger partial charge is 0.313 e. The predicted molar refractivity (Wildman–Crippen MR) is 75.9 cm³/mol. The van der Waals surface area contributed by atoms with Crippen molar-refractivity contribution in [3.8, 4) is 0 Å². The van der Waals surface area contributed by atoms with E-state index in [1.54, 1.807) is 0 Å². The van der Waals surface area contributed by atoms with Gasteiger partial charge in [-0.3, -0.25) is 0 Å². The molecule has 2 aromatic rings. The molecular weight excluding hydrogens is 262 g/mol. The van der Waals surface area contributed by atoms with Crippen LogP contribution < -0.4 is 5.32 Å². The smallest absolute Gasteiger partial charge is 0.147 e. The Labute approximate surface area is 113 Å². The summed E-state index contributed by atoms with van der Waals surface area (Å²) < 4.78 is 24.2. The highest BCUT2D eigenvalue weighted by molar-refractivity contribution is 7.90. The van der Waals surface area contributed by atoms with Gasteiger partial charge in [0.05, 0.1) is 11.7 Å². The molecule has 2 rings (SSSR count). The predicted octanol–water partition coefficient (Wildman–Crippen LogP) is 1.42. The monoisotopic (exact) mass is 281 g/mol. The maximum Gasteiger partial charge on any atom is 0.147 e. The lowest BCUT2D eigenvalue weighted by atomic mass is 10.0. The Kier molecular flexibility index (Phi) is 4.21. The molecule has 0 bridgehead atoms. The lowest BCUT2D eigenvalue weighted by Gasteiger charge is -2.14. The third-order valence-electron chi connectivity index (χ3n) is 3.19. The molecule has 0 saturated heterocycles. The van der Waals surface area contributed by atoms with Crippen LogP contribution in [0.2, 0.25) is 0 Å². The number of rotatable bonds is 6. The van der Waals surface area contributed by atoms with E-state index in [0.717, 1.165) is 17.5 Å². The summed E-state index contributed by atoms with van der Waals surface area (Å²) in [6, 6.07) is 6.05. The van der Waals surface area contributed by atoms with E-state index >= 15 is 0 Å². The Morgan fingerprint density at radius 2 is 2.21 bits per heavy atom. The zero-order valence-corrected chi connectivity index (χ0v) is 12.0. The van der Waals surface area contributed by atoms with E-state index in [1.165, 1.54) is 6.26 Å². The van der Waals surface area contributed by atoms with Crippen LogP contribution in [0, 0.1) is 0 Å². The van der Waals surface area contributed by atoms with E-state index in [4.69, 9.17) is 0 Å². The summed E-state index contributed by atoms with van der Waals surface area (Å²) >= 11 is 0. The van der Waals surface area contributed by atoms with E-state index in [2.05, 4.69) is 10.4 Å². The third kappa shape index (κ3) is 3.54. The van der Waals surface area contributed by atoms with Gasteiger partial charge in [-0.25, -0.2) is 12.9 Å². The van der Waals surface area contributed by atoms with Crippen molar-refractivity contribution in [1.82, 2.24) is 14.9 Å². The van der Waals surface area contributed by atoms with Gasteiger partial charge in [0.1, 0.15) is 9.84 Å². The maximum absolute atomic E-state index is 11.2. The molecule has 1 N–H and O–H groups in total. The Morgan fingerprint density at radius 1 is 1.42 bits per heavy atom. The number of sulfone groups is 1. The number of nitrogens with one attached hydrogen (secondary N) is 1. The van der Waals surface area contributed by atoms with Crippen molar-refractivity contribution in [2.45, 2.75) is 18.9 Å². The molecule has 0 saturated carbocycles. The second-order valence-electron chi connectivity index (χ2n) is 4.74. The van der Waals surface area contributed by atoms with E-state index in [-0.39, 0.29) is 11.8 Å². The summed E-state index contributed by atoms with van der Waals surface area (Å²) in [6.07, 6.45) is 6.45. The van der Waals surface area contributed by atoms with Crippen molar-refractivity contribution >= 4 is 15.4 Å². The maximum atomic E-state index is 11.2. The Morgan fingerprint density at radius 3 is 2.89 bits per heavy atom. The second-order valence-corrected chi connectivity index (χ2v) is 7.00. The Hall–Kier alpha value is -1.40. The van der Waals surface area contributed by atoms with Crippen molar-refractivity contribution in [2.24, 2.45) is 0 Å². The first-order chi connectivity index (χ1) is 9.01. The van der Waals surface area contributed by atoms with Gasteiger partial charge in [-0.05, 0) is 32.0 Å². The van der Waals surface area contributed by atoms with Crippen LogP contribution in [0.1, 0.15) is 24.4 Å². The molecule has 104 valence electrons. The topological polar surface area (TPSA) is 63.5 Å². The molecule has 0 amide bonds. The average Bonchev–Trinajstić information content (AvgIpc) is 2.77. The SMILES string of the molecule is CNC(CCCS(C)(=O)=O)c1cnn2ccccc12. The summed E-state index contributed by atoms with van der Waals surface area (Å²) in [5.74, 6) is 0.227. The van der Waals surface area contributed by atoms with Gasteiger partial charge in [0.15, 0.2) is 0 Å². The van der Waals surface area contributed by atoms with E-state index in [9.17, 15) is 8.42 Å². The average molecular weight is 281 g/mol. The van der Waals surface area contributed by atoms with Crippen molar-refractivity contribution in [3.05, 3.63) is 36.2 Å². The van der Waals surface area contributed by atoms with Gasteiger partial charge in [-0.15, -0.1) is 0 Å². The second kappa shape index (κ2) is 5.71. The zero-order chi connectivity index (χ0) is 13.9. The van der Waals surface area contributed by atoms with Gasteiger partial charge in [-0.2, -0.15) is 5.10 Å². The molecule has 1 unspecified atom stereocenters. The van der Waals surface area contributed by atoms with E-state index in [1.807, 2.05) is 42.2 Å². The molecule has 0 radical (unpaired) electrons. The number of pyridine rings is 1. The van der Waals surface area contributed by atoms with Crippen molar-refractivity contribution in [3.63, 3.8) is 0 Å². The van der Waals surface area contributed by atoms with Crippen LogP contribution in [0.25, 0.3) is 5.52 Å². The number of nitrogens with zero attached hydrogens (tertiary/aromatic N) is 2. The molecule has 0 fully saturated rings. The Bertz CT molecular complexity index is 649. The molecule has 0 aromatic carbocycles. The zero-order valence-electron chi connectivity index (χ0n) is 11.2. The van der Waals surface area contributed by atoms with Gasteiger partial charge in [-0.1, -0.05) is 6.07 Å². The highest BCUT2D eigenvalue weighted by Crippen LogP contribution is 2.22. The summed E-state index contributed by atoms with van der Waals surface area (Å²) in [5, 5.41) is 7.54. The van der Waals surface area contributed by atoms with Crippen LogP contribution in [0.5, 0.6) is 0 Å². The molecule has 0 aliphatic rings. The van der Waals surface area contributed by atoms with Gasteiger partial charge in [0.2, 0.25) is 0 Å². The molecule has 2 aromatic heterocycles. The van der Waals surface area contributed by atoms with Gasteiger partial charge in [0, 0.05) is 29.8 Å². The first-order valence-corrected chi connectivity index (χ1v) is 8.34. The fraction of sp³-hybridized carbons (Fsp3) is 0.462. The summed E-state index contributed by atoms with van der Waals surface area (Å²) in [5.41, 5.74) is 2.16. The van der Waals surface area contributed by atoms with Crippen LogP contribution in [-0.4, -0.2) is 37.1 Å². The quantitative estimate of drug-likeness (QED) is 0.870. The third-order valence-corrected chi connectivity index (χ3v) is 4.22. The molecule has 2 heterocycles. The highest BCUT2D eigenvalue weighted by Gasteiger charge is 2.15. The number of hydrogen-bond donors (Lipinski definition) is 1. The van der Waals surface area contributed by atoms with Crippen molar-refractivity contribution in [2.75, 3.05) is 19.1 Å². The molecule has 0 spiro atoms. The van der Waals surface area contributed by atoms with Crippen molar-refractivity contribution < 1.29 is 8.42 Å². The first kappa shape index (κ1) is 14.0. The lowest BCUT2D eigenvalue weighted by Crippen LogP contribution is -2.17. The van der Waals surface area contributed by atoms with Gasteiger partial charge < -0.3 is 5.32 Å². The van der Waals surface area contributed by atoms with Crippen LogP contribution in [0.4, 0.5) is 0 Å².